The number of rotatable bonds is 4. The molecule has 0 bridgehead atoms. The van der Waals surface area contributed by atoms with Crippen molar-refractivity contribution in [2.75, 3.05) is 5.73 Å². The van der Waals surface area contributed by atoms with Crippen LogP contribution >= 0.6 is 0 Å². The zero-order valence-corrected chi connectivity index (χ0v) is 7.29. The number of nitrogen functional groups attached to an aromatic ring is 1. The number of benzene rings is 1. The number of carbonyl (C=O) groups is 1. The molecule has 0 aliphatic rings. The SMILES string of the molecule is Nc1ccc(CCCC(=O)F)cc1. The van der Waals surface area contributed by atoms with Gasteiger partial charge in [0.15, 0.2) is 0 Å². The molecule has 0 heterocycles. The second-order valence-corrected chi connectivity index (χ2v) is 2.95. The summed E-state index contributed by atoms with van der Waals surface area (Å²) in [4.78, 5) is 10.0. The number of nitrogens with two attached hydrogens (primary N) is 1. The first-order valence-corrected chi connectivity index (χ1v) is 4.21. The molecule has 0 amide bonds. The summed E-state index contributed by atoms with van der Waals surface area (Å²) in [6.45, 7) is 0. The van der Waals surface area contributed by atoms with Crippen molar-refractivity contribution in [2.45, 2.75) is 19.3 Å². The van der Waals surface area contributed by atoms with Gasteiger partial charge in [0.1, 0.15) is 0 Å². The Balaban J connectivity index is 2.37. The first-order chi connectivity index (χ1) is 6.18. The third kappa shape index (κ3) is 3.69. The molecule has 0 radical (unpaired) electrons. The number of anilines is 1. The van der Waals surface area contributed by atoms with E-state index in [1.165, 1.54) is 0 Å². The van der Waals surface area contributed by atoms with Crippen molar-refractivity contribution in [3.63, 3.8) is 0 Å². The highest BCUT2D eigenvalue weighted by molar-refractivity contribution is 5.67. The fraction of sp³-hybridized carbons (Fsp3) is 0.300. The van der Waals surface area contributed by atoms with Gasteiger partial charge in [-0.25, -0.2) is 0 Å². The topological polar surface area (TPSA) is 43.1 Å². The lowest BCUT2D eigenvalue weighted by Crippen LogP contribution is -1.91. The molecule has 0 aliphatic carbocycles. The largest absolute Gasteiger partial charge is 0.399 e. The fourth-order valence-corrected chi connectivity index (χ4v) is 1.12. The van der Waals surface area contributed by atoms with E-state index in [1.54, 1.807) is 12.1 Å². The Hall–Kier alpha value is -1.38. The third-order valence-corrected chi connectivity index (χ3v) is 1.82. The average molecular weight is 181 g/mol. The van der Waals surface area contributed by atoms with E-state index in [0.717, 1.165) is 12.0 Å². The minimum Gasteiger partial charge on any atom is -0.399 e. The van der Waals surface area contributed by atoms with E-state index < -0.39 is 6.04 Å². The van der Waals surface area contributed by atoms with Crippen molar-refractivity contribution in [1.29, 1.82) is 0 Å². The quantitative estimate of drug-likeness (QED) is 0.571. The minimum atomic E-state index is -1.24. The predicted octanol–water partition coefficient (Wildman–Crippen LogP) is 2.09. The molecule has 0 saturated carbocycles. The summed E-state index contributed by atoms with van der Waals surface area (Å²) in [5, 5.41) is 0. The van der Waals surface area contributed by atoms with E-state index in [4.69, 9.17) is 5.73 Å². The van der Waals surface area contributed by atoms with Gasteiger partial charge in [0.2, 0.25) is 0 Å². The molecule has 0 unspecified atom stereocenters. The van der Waals surface area contributed by atoms with Crippen LogP contribution in [0.5, 0.6) is 0 Å². The van der Waals surface area contributed by atoms with E-state index >= 15 is 0 Å². The first kappa shape index (κ1) is 9.71. The maximum atomic E-state index is 11.8. The molecule has 3 heteroatoms. The Morgan fingerprint density at radius 2 is 1.92 bits per heavy atom. The van der Waals surface area contributed by atoms with Crippen molar-refractivity contribution in [2.24, 2.45) is 0 Å². The van der Waals surface area contributed by atoms with Gasteiger partial charge in [0.25, 0.3) is 0 Å². The highest BCUT2D eigenvalue weighted by Crippen LogP contribution is 2.08. The molecule has 13 heavy (non-hydrogen) atoms. The molecule has 0 atom stereocenters. The number of carbonyl (C=O) groups excluding carboxylic acids is 1. The van der Waals surface area contributed by atoms with Crippen LogP contribution < -0.4 is 5.73 Å². The molecular formula is C10H12FNO. The maximum Gasteiger partial charge on any atom is 0.301 e. The Bertz CT molecular complexity index is 281. The average Bonchev–Trinajstić information content (AvgIpc) is 2.08. The van der Waals surface area contributed by atoms with Crippen LogP contribution in [-0.4, -0.2) is 6.04 Å². The maximum absolute atomic E-state index is 11.8. The lowest BCUT2D eigenvalue weighted by molar-refractivity contribution is -0.129. The van der Waals surface area contributed by atoms with E-state index in [-0.39, 0.29) is 6.42 Å². The number of hydrogen-bond acceptors (Lipinski definition) is 2. The van der Waals surface area contributed by atoms with E-state index in [2.05, 4.69) is 0 Å². The molecular weight excluding hydrogens is 169 g/mol. The molecule has 0 fully saturated rings. The Morgan fingerprint density at radius 3 is 2.46 bits per heavy atom. The molecule has 0 aliphatic heterocycles. The molecule has 1 aromatic carbocycles. The Labute approximate surface area is 76.6 Å². The highest BCUT2D eigenvalue weighted by atomic mass is 19.1. The van der Waals surface area contributed by atoms with Crippen molar-refractivity contribution in [3.8, 4) is 0 Å². The van der Waals surface area contributed by atoms with Crippen molar-refractivity contribution < 1.29 is 9.18 Å². The van der Waals surface area contributed by atoms with Crippen LogP contribution in [0.3, 0.4) is 0 Å². The van der Waals surface area contributed by atoms with E-state index in [0.29, 0.717) is 12.1 Å². The van der Waals surface area contributed by atoms with E-state index in [1.807, 2.05) is 12.1 Å². The van der Waals surface area contributed by atoms with Gasteiger partial charge in [0.05, 0.1) is 0 Å². The van der Waals surface area contributed by atoms with Gasteiger partial charge in [-0.2, -0.15) is 4.39 Å². The Morgan fingerprint density at radius 1 is 1.31 bits per heavy atom. The molecule has 70 valence electrons. The van der Waals surface area contributed by atoms with Crippen LogP contribution in [0.25, 0.3) is 0 Å². The summed E-state index contributed by atoms with van der Waals surface area (Å²) >= 11 is 0. The summed E-state index contributed by atoms with van der Waals surface area (Å²) in [6, 6.07) is 6.13. The molecule has 0 spiro atoms. The van der Waals surface area contributed by atoms with Gasteiger partial charge in [-0.3, -0.25) is 4.79 Å². The van der Waals surface area contributed by atoms with Crippen LogP contribution in [0.2, 0.25) is 0 Å². The van der Waals surface area contributed by atoms with Crippen molar-refractivity contribution >= 4 is 11.7 Å². The lowest BCUT2D eigenvalue weighted by atomic mass is 10.1. The van der Waals surface area contributed by atoms with Gasteiger partial charge >= 0.3 is 6.04 Å². The summed E-state index contributed by atoms with van der Waals surface area (Å²) in [7, 11) is 0. The smallest absolute Gasteiger partial charge is 0.301 e. The Kier molecular flexibility index (Phi) is 3.43. The molecule has 2 N–H and O–H groups in total. The molecule has 1 rings (SSSR count). The van der Waals surface area contributed by atoms with E-state index in [9.17, 15) is 9.18 Å². The number of halogens is 1. The van der Waals surface area contributed by atoms with Gasteiger partial charge in [-0.1, -0.05) is 12.1 Å². The standard InChI is InChI=1S/C10H12FNO/c11-10(13)3-1-2-8-4-6-9(12)7-5-8/h4-7H,1-3,12H2. The minimum absolute atomic E-state index is 0.00434. The zero-order valence-electron chi connectivity index (χ0n) is 7.29. The monoisotopic (exact) mass is 181 g/mol. The van der Waals surface area contributed by atoms with Gasteiger partial charge in [-0.05, 0) is 30.5 Å². The van der Waals surface area contributed by atoms with Crippen LogP contribution in [0.1, 0.15) is 18.4 Å². The van der Waals surface area contributed by atoms with Gasteiger partial charge in [0, 0.05) is 12.1 Å². The first-order valence-electron chi connectivity index (χ1n) is 4.21. The summed E-state index contributed by atoms with van der Waals surface area (Å²) in [5.74, 6) is 0. The summed E-state index contributed by atoms with van der Waals surface area (Å²) < 4.78 is 11.8. The predicted molar refractivity (Wildman–Crippen MR) is 49.9 cm³/mol. The van der Waals surface area contributed by atoms with Crippen LogP contribution in [0.15, 0.2) is 24.3 Å². The van der Waals surface area contributed by atoms with Crippen LogP contribution in [-0.2, 0) is 11.2 Å². The second-order valence-electron chi connectivity index (χ2n) is 2.95. The molecule has 0 saturated heterocycles. The van der Waals surface area contributed by atoms with Crippen LogP contribution in [0.4, 0.5) is 10.1 Å². The molecule has 2 nitrogen and oxygen atoms in total. The second kappa shape index (κ2) is 4.60. The van der Waals surface area contributed by atoms with Crippen LogP contribution in [0, 0.1) is 0 Å². The van der Waals surface area contributed by atoms with Crippen molar-refractivity contribution in [3.05, 3.63) is 29.8 Å². The summed E-state index contributed by atoms with van der Waals surface area (Å²) in [5.41, 5.74) is 7.28. The van der Waals surface area contributed by atoms with Gasteiger partial charge < -0.3 is 5.73 Å². The van der Waals surface area contributed by atoms with Gasteiger partial charge in [-0.15, -0.1) is 0 Å². The fourth-order valence-electron chi connectivity index (χ4n) is 1.12. The zero-order chi connectivity index (χ0) is 9.68. The highest BCUT2D eigenvalue weighted by Gasteiger charge is 1.98. The third-order valence-electron chi connectivity index (χ3n) is 1.82. The normalized spacial score (nSPS) is 9.92. The lowest BCUT2D eigenvalue weighted by Gasteiger charge is -1.99. The molecule has 1 aromatic rings. The summed E-state index contributed by atoms with van der Waals surface area (Å²) in [6.07, 6.45) is 1.28. The van der Waals surface area contributed by atoms with Crippen molar-refractivity contribution in [1.82, 2.24) is 0 Å². The molecule has 0 aromatic heterocycles. The number of aryl methyl sites for hydroxylation is 1. The number of hydrogen-bond donors (Lipinski definition) is 1.